The smallest absolute Gasteiger partial charge is 0.262 e. The molecular weight excluding hydrogens is 354 g/mol. The molecule has 2 aromatic rings. The van der Waals surface area contributed by atoms with Crippen LogP contribution >= 0.6 is 0 Å². The minimum Gasteiger partial charge on any atom is -0.394 e. The summed E-state index contributed by atoms with van der Waals surface area (Å²) in [6.07, 6.45) is 2.85. The van der Waals surface area contributed by atoms with Crippen LogP contribution in [0.4, 0.5) is 5.69 Å². The van der Waals surface area contributed by atoms with Gasteiger partial charge in [-0.25, -0.2) is 0 Å². The zero-order valence-electron chi connectivity index (χ0n) is 15.9. The summed E-state index contributed by atoms with van der Waals surface area (Å²) in [6.45, 7) is 2.70. The summed E-state index contributed by atoms with van der Waals surface area (Å²) >= 11 is 0. The van der Waals surface area contributed by atoms with E-state index in [-0.39, 0.29) is 12.1 Å². The number of amides is 1. The second-order valence-corrected chi connectivity index (χ2v) is 7.16. The molecule has 28 heavy (non-hydrogen) atoms. The number of benzene rings is 2. The average molecular weight is 379 g/mol. The molecule has 1 amide bonds. The lowest BCUT2D eigenvalue weighted by atomic mass is 10.0. The van der Waals surface area contributed by atoms with E-state index < -0.39 is 18.6 Å². The summed E-state index contributed by atoms with van der Waals surface area (Å²) in [4.78, 5) is 14.6. The molecule has 1 fully saturated rings. The molecule has 2 atom stereocenters. The molecule has 0 aliphatic carbocycles. The normalized spacial score (nSPS) is 18.1. The number of aliphatic hydroxyl groups excluding tert-OH is 2. The predicted octanol–water partition coefficient (Wildman–Crippen LogP) is 2.20. The lowest BCUT2D eigenvalue weighted by molar-refractivity contribution is -0.117. The Kier molecular flexibility index (Phi) is 6.30. The fourth-order valence-electron chi connectivity index (χ4n) is 3.59. The Hall–Kier alpha value is -2.88. The Morgan fingerprint density at radius 3 is 2.93 bits per heavy atom. The lowest BCUT2D eigenvalue weighted by Crippen LogP contribution is -2.34. The van der Waals surface area contributed by atoms with Crippen molar-refractivity contribution >= 4 is 28.4 Å². The Labute approximate surface area is 164 Å². The number of hydrogen-bond donors (Lipinski definition) is 3. The predicted molar refractivity (Wildman–Crippen MR) is 110 cm³/mol. The van der Waals surface area contributed by atoms with Crippen molar-refractivity contribution in [2.75, 3.05) is 24.6 Å². The standard InChI is InChI=1S/C22H25N3O3/c1-15-4-3-9-25(15)21-6-2-5-17-8-7-16(11-20(17)21)10-18(12-23)22(28)24-13-19(27)14-26/h2,5-8,10-11,15,19,26-27H,3-4,9,13-14H2,1H3,(H,24,28)/b18-10+. The van der Waals surface area contributed by atoms with Gasteiger partial charge in [-0.3, -0.25) is 4.79 Å². The molecule has 6 nitrogen and oxygen atoms in total. The third-order valence-corrected chi connectivity index (χ3v) is 5.13. The first-order valence-corrected chi connectivity index (χ1v) is 9.52. The highest BCUT2D eigenvalue weighted by Gasteiger charge is 2.22. The van der Waals surface area contributed by atoms with Crippen LogP contribution in [0.15, 0.2) is 42.0 Å². The monoisotopic (exact) mass is 379 g/mol. The maximum Gasteiger partial charge on any atom is 0.262 e. The molecule has 0 spiro atoms. The van der Waals surface area contributed by atoms with Crippen LogP contribution in [-0.4, -0.2) is 48.0 Å². The van der Waals surface area contributed by atoms with Gasteiger partial charge >= 0.3 is 0 Å². The average Bonchev–Trinajstić information content (AvgIpc) is 3.14. The van der Waals surface area contributed by atoms with Crippen LogP contribution in [0.1, 0.15) is 25.3 Å². The van der Waals surface area contributed by atoms with Gasteiger partial charge < -0.3 is 20.4 Å². The van der Waals surface area contributed by atoms with Gasteiger partial charge in [0.2, 0.25) is 0 Å². The van der Waals surface area contributed by atoms with Gasteiger partial charge in [0.05, 0.1) is 12.7 Å². The number of rotatable bonds is 6. The van der Waals surface area contributed by atoms with Crippen molar-refractivity contribution in [1.29, 1.82) is 5.26 Å². The van der Waals surface area contributed by atoms with Crippen molar-refractivity contribution in [2.24, 2.45) is 0 Å². The first-order valence-electron chi connectivity index (χ1n) is 9.52. The zero-order valence-corrected chi connectivity index (χ0v) is 15.9. The lowest BCUT2D eigenvalue weighted by Gasteiger charge is -2.25. The fourth-order valence-corrected chi connectivity index (χ4v) is 3.59. The van der Waals surface area contributed by atoms with Crippen LogP contribution in [0.3, 0.4) is 0 Å². The van der Waals surface area contributed by atoms with Crippen LogP contribution in [0.2, 0.25) is 0 Å². The van der Waals surface area contributed by atoms with Gasteiger partial charge in [0, 0.05) is 30.2 Å². The van der Waals surface area contributed by atoms with E-state index in [1.807, 2.05) is 24.3 Å². The molecule has 0 saturated carbocycles. The number of fused-ring (bicyclic) bond motifs is 1. The van der Waals surface area contributed by atoms with Crippen molar-refractivity contribution in [1.82, 2.24) is 5.32 Å². The van der Waals surface area contributed by atoms with Crippen molar-refractivity contribution in [3.63, 3.8) is 0 Å². The van der Waals surface area contributed by atoms with Crippen LogP contribution in [0.25, 0.3) is 16.8 Å². The van der Waals surface area contributed by atoms with Gasteiger partial charge in [-0.05, 0) is 48.9 Å². The molecular formula is C22H25N3O3. The Balaban J connectivity index is 1.91. The van der Waals surface area contributed by atoms with Crippen LogP contribution in [0.5, 0.6) is 0 Å². The minimum absolute atomic E-state index is 0.0449. The topological polar surface area (TPSA) is 96.6 Å². The number of nitrogens with one attached hydrogen (secondary N) is 1. The highest BCUT2D eigenvalue weighted by Crippen LogP contribution is 2.33. The molecule has 146 valence electrons. The number of nitriles is 1. The van der Waals surface area contributed by atoms with E-state index in [9.17, 15) is 15.2 Å². The van der Waals surface area contributed by atoms with Gasteiger partial charge in [0.25, 0.3) is 5.91 Å². The number of carbonyl (C=O) groups excluding carboxylic acids is 1. The molecule has 3 rings (SSSR count). The van der Waals surface area contributed by atoms with E-state index in [1.165, 1.54) is 18.5 Å². The molecule has 1 saturated heterocycles. The molecule has 2 aromatic carbocycles. The molecule has 1 aliphatic rings. The van der Waals surface area contributed by atoms with Gasteiger partial charge in [-0.1, -0.05) is 24.3 Å². The highest BCUT2D eigenvalue weighted by atomic mass is 16.3. The minimum atomic E-state index is -1.05. The second-order valence-electron chi connectivity index (χ2n) is 7.16. The van der Waals surface area contributed by atoms with E-state index in [0.717, 1.165) is 22.9 Å². The third kappa shape index (κ3) is 4.33. The fraction of sp³-hybridized carbons (Fsp3) is 0.364. The molecule has 2 unspecified atom stereocenters. The van der Waals surface area contributed by atoms with Crippen molar-refractivity contribution in [2.45, 2.75) is 31.9 Å². The molecule has 1 heterocycles. The van der Waals surface area contributed by atoms with Crippen molar-refractivity contribution in [3.8, 4) is 6.07 Å². The largest absolute Gasteiger partial charge is 0.394 e. The quantitative estimate of drug-likeness (QED) is 0.528. The highest BCUT2D eigenvalue weighted by molar-refractivity contribution is 6.03. The summed E-state index contributed by atoms with van der Waals surface area (Å²) in [5.41, 5.74) is 1.89. The second kappa shape index (κ2) is 8.87. The van der Waals surface area contributed by atoms with Gasteiger partial charge in [0.1, 0.15) is 11.6 Å². The molecule has 1 aliphatic heterocycles. The van der Waals surface area contributed by atoms with Gasteiger partial charge in [-0.15, -0.1) is 0 Å². The number of nitrogens with zero attached hydrogens (tertiary/aromatic N) is 2. The van der Waals surface area contributed by atoms with Crippen LogP contribution < -0.4 is 10.2 Å². The molecule has 0 radical (unpaired) electrons. The Morgan fingerprint density at radius 1 is 1.43 bits per heavy atom. The van der Waals surface area contributed by atoms with E-state index in [2.05, 4.69) is 35.3 Å². The summed E-state index contributed by atoms with van der Waals surface area (Å²) in [5, 5.41) is 32.2. The maximum absolute atomic E-state index is 12.2. The van der Waals surface area contributed by atoms with Crippen molar-refractivity contribution in [3.05, 3.63) is 47.5 Å². The van der Waals surface area contributed by atoms with Gasteiger partial charge in [-0.2, -0.15) is 5.26 Å². The number of aliphatic hydroxyl groups is 2. The molecule has 6 heteroatoms. The Morgan fingerprint density at radius 2 is 2.25 bits per heavy atom. The van der Waals surface area contributed by atoms with Crippen molar-refractivity contribution < 1.29 is 15.0 Å². The first kappa shape index (κ1) is 19.9. The van der Waals surface area contributed by atoms with E-state index >= 15 is 0 Å². The SMILES string of the molecule is CC1CCCN1c1cccc2ccc(/C=C(\C#N)C(=O)NCC(O)CO)cc12. The maximum atomic E-state index is 12.2. The van der Waals surface area contributed by atoms with E-state index in [4.69, 9.17) is 5.11 Å². The van der Waals surface area contributed by atoms with Gasteiger partial charge in [0.15, 0.2) is 0 Å². The van der Waals surface area contributed by atoms with Crippen LogP contribution in [-0.2, 0) is 4.79 Å². The Bertz CT molecular complexity index is 932. The van der Waals surface area contributed by atoms with Crippen LogP contribution in [0, 0.1) is 11.3 Å². The molecule has 0 bridgehead atoms. The zero-order chi connectivity index (χ0) is 20.1. The van der Waals surface area contributed by atoms with E-state index in [0.29, 0.717) is 6.04 Å². The van der Waals surface area contributed by atoms with E-state index in [1.54, 1.807) is 6.08 Å². The summed E-state index contributed by atoms with van der Waals surface area (Å²) < 4.78 is 0. The molecule has 3 N–H and O–H groups in total. The summed E-state index contributed by atoms with van der Waals surface area (Å²) in [7, 11) is 0. The number of hydrogen-bond acceptors (Lipinski definition) is 5. The third-order valence-electron chi connectivity index (χ3n) is 5.13. The molecule has 0 aromatic heterocycles. The summed E-state index contributed by atoms with van der Waals surface area (Å²) in [6, 6.07) is 14.5. The first-order chi connectivity index (χ1) is 13.5. The number of carbonyl (C=O) groups is 1. The number of anilines is 1. The summed E-state index contributed by atoms with van der Waals surface area (Å²) in [5.74, 6) is -0.573.